The van der Waals surface area contributed by atoms with Gasteiger partial charge in [-0.3, -0.25) is 24.2 Å². The molecule has 0 bridgehead atoms. The fourth-order valence-corrected chi connectivity index (χ4v) is 4.88. The lowest BCUT2D eigenvalue weighted by Crippen LogP contribution is -2.64. The first-order valence-electron chi connectivity index (χ1n) is 13.7. The van der Waals surface area contributed by atoms with Crippen molar-refractivity contribution in [1.82, 2.24) is 20.7 Å². The summed E-state index contributed by atoms with van der Waals surface area (Å²) in [5, 5.41) is 30.8. The molecule has 0 aromatic heterocycles. The molecule has 2 aliphatic heterocycles. The summed E-state index contributed by atoms with van der Waals surface area (Å²) in [4.78, 5) is 58.1. The lowest BCUT2D eigenvalue weighted by atomic mass is 10.0. The van der Waals surface area contributed by atoms with Crippen molar-refractivity contribution >= 4 is 29.8 Å². The van der Waals surface area contributed by atoms with Gasteiger partial charge in [0.15, 0.2) is 6.29 Å². The Morgan fingerprint density at radius 3 is 2.46 bits per heavy atom. The monoisotopic (exact) mass is 565 g/mol. The molecule has 218 valence electrons. The topological polar surface area (TPSA) is 161 Å². The number of hydrazine groups is 1. The van der Waals surface area contributed by atoms with Crippen LogP contribution >= 0.6 is 0 Å². The van der Waals surface area contributed by atoms with Gasteiger partial charge >= 0.3 is 0 Å². The summed E-state index contributed by atoms with van der Waals surface area (Å²) >= 11 is 0. The number of oxime groups is 1. The van der Waals surface area contributed by atoms with Crippen molar-refractivity contribution in [3.05, 3.63) is 71.8 Å². The predicted molar refractivity (Wildman–Crippen MR) is 148 cm³/mol. The molecule has 2 saturated heterocycles. The third kappa shape index (κ3) is 8.12. The number of carbonyl (C=O) groups is 4. The second-order valence-corrected chi connectivity index (χ2v) is 9.94. The van der Waals surface area contributed by atoms with Gasteiger partial charge in [-0.05, 0) is 37.0 Å². The Bertz CT molecular complexity index is 1220. The van der Waals surface area contributed by atoms with Crippen molar-refractivity contribution in [3.63, 3.8) is 0 Å². The minimum absolute atomic E-state index is 0.0304. The number of benzene rings is 2. The van der Waals surface area contributed by atoms with Crippen LogP contribution in [0.2, 0.25) is 0 Å². The Labute approximate surface area is 237 Å². The summed E-state index contributed by atoms with van der Waals surface area (Å²) in [6.45, 7) is 0.546. The Balaban J connectivity index is 1.43. The van der Waals surface area contributed by atoms with Gasteiger partial charge in [-0.2, -0.15) is 0 Å². The van der Waals surface area contributed by atoms with Crippen LogP contribution in [0.1, 0.15) is 48.0 Å². The number of rotatable bonds is 11. The number of fused-ring (bicyclic) bond motifs is 1. The van der Waals surface area contributed by atoms with Gasteiger partial charge in [0.25, 0.3) is 11.8 Å². The molecule has 0 spiro atoms. The van der Waals surface area contributed by atoms with E-state index in [9.17, 15) is 29.4 Å². The number of carbonyl (C=O) groups excluding carboxylic acids is 4. The van der Waals surface area contributed by atoms with E-state index in [1.54, 1.807) is 30.3 Å². The first-order valence-corrected chi connectivity index (χ1v) is 13.7. The minimum atomic E-state index is -1.74. The average Bonchev–Trinajstić information content (AvgIpc) is 3.09. The van der Waals surface area contributed by atoms with E-state index in [1.165, 1.54) is 11.2 Å². The molecule has 41 heavy (non-hydrogen) atoms. The van der Waals surface area contributed by atoms with Gasteiger partial charge in [-0.1, -0.05) is 53.7 Å². The van der Waals surface area contributed by atoms with Gasteiger partial charge in [0.05, 0.1) is 12.3 Å². The van der Waals surface area contributed by atoms with Gasteiger partial charge < -0.3 is 25.7 Å². The van der Waals surface area contributed by atoms with E-state index in [4.69, 9.17) is 4.84 Å². The Morgan fingerprint density at radius 1 is 1.05 bits per heavy atom. The molecule has 4 amide bonds. The smallest absolute Gasteiger partial charge is 0.264 e. The predicted octanol–water partition coefficient (Wildman–Crippen LogP) is 0.744. The van der Waals surface area contributed by atoms with Crippen LogP contribution in [-0.2, 0) is 25.6 Å². The van der Waals surface area contributed by atoms with Crippen LogP contribution in [0.3, 0.4) is 0 Å². The van der Waals surface area contributed by atoms with E-state index < -0.39 is 42.1 Å². The summed E-state index contributed by atoms with van der Waals surface area (Å²) in [7, 11) is 0. The average molecular weight is 566 g/mol. The van der Waals surface area contributed by atoms with E-state index in [0.717, 1.165) is 10.6 Å². The molecule has 2 aromatic rings. The zero-order valence-corrected chi connectivity index (χ0v) is 22.6. The summed E-state index contributed by atoms with van der Waals surface area (Å²) in [6, 6.07) is 15.1. The third-order valence-electron chi connectivity index (χ3n) is 6.94. The number of aliphatic hydroxyl groups excluding tert-OH is 1. The van der Waals surface area contributed by atoms with Gasteiger partial charge in [0.2, 0.25) is 11.8 Å². The number of nitrogens with one attached hydrogen (secondary N) is 2. The molecular formula is C29H35N5O7. The molecule has 12 nitrogen and oxygen atoms in total. The van der Waals surface area contributed by atoms with Crippen LogP contribution in [0.4, 0.5) is 0 Å². The van der Waals surface area contributed by atoms with Gasteiger partial charge in [-0.25, -0.2) is 5.01 Å². The molecule has 12 heteroatoms. The van der Waals surface area contributed by atoms with Crippen LogP contribution in [-0.4, -0.2) is 87.6 Å². The van der Waals surface area contributed by atoms with Gasteiger partial charge in [0, 0.05) is 31.4 Å². The summed E-state index contributed by atoms with van der Waals surface area (Å²) < 4.78 is 0. The first kappa shape index (κ1) is 29.7. The maximum Gasteiger partial charge on any atom is 0.264 e. The highest BCUT2D eigenvalue weighted by Crippen LogP contribution is 2.25. The fraction of sp³-hybridized carbons (Fsp3) is 0.414. The van der Waals surface area contributed by atoms with Crippen LogP contribution < -0.4 is 10.6 Å². The maximum absolute atomic E-state index is 13.6. The molecule has 4 N–H and O–H groups in total. The van der Waals surface area contributed by atoms with Crippen LogP contribution in [0.15, 0.2) is 65.8 Å². The molecule has 3 atom stereocenters. The lowest BCUT2D eigenvalue weighted by Gasteiger charge is -2.43. The summed E-state index contributed by atoms with van der Waals surface area (Å²) in [6.07, 6.45) is 0.767. The quantitative estimate of drug-likeness (QED) is 0.135. The van der Waals surface area contributed by atoms with E-state index in [-0.39, 0.29) is 44.7 Å². The SMILES string of the molecule is O=C(N[C@H]1CCC(=O)N2CCC[C@@H](C(=O)N[C@H](/C=N/OCCc3ccccc3)CC(O)O)N2C1=O)c1ccccc1. The van der Waals surface area contributed by atoms with Crippen molar-refractivity contribution in [2.24, 2.45) is 5.16 Å². The fourth-order valence-electron chi connectivity index (χ4n) is 4.88. The van der Waals surface area contributed by atoms with Crippen molar-refractivity contribution in [3.8, 4) is 0 Å². The first-order chi connectivity index (χ1) is 19.8. The zero-order chi connectivity index (χ0) is 29.2. The highest BCUT2D eigenvalue weighted by molar-refractivity contribution is 5.99. The standard InChI is InChI=1S/C29H35N5O7/c35-25-14-13-23(32-27(38)21-10-5-2-6-11-21)29(40)34-24(12-7-16-33(25)34)28(39)31-22(18-26(36)37)19-30-41-17-15-20-8-3-1-4-9-20/h1-6,8-11,19,22-24,26,36-37H,7,12-18H2,(H,31,39)(H,32,38)/b30-19+/t22-,23-,24-/m0/s1. The van der Waals surface area contributed by atoms with E-state index >= 15 is 0 Å². The molecule has 0 saturated carbocycles. The number of hydrogen-bond donors (Lipinski definition) is 4. The van der Waals surface area contributed by atoms with E-state index in [1.807, 2.05) is 30.3 Å². The van der Waals surface area contributed by atoms with E-state index in [2.05, 4.69) is 15.8 Å². The van der Waals surface area contributed by atoms with Crippen LogP contribution in [0, 0.1) is 0 Å². The third-order valence-corrected chi connectivity index (χ3v) is 6.94. The van der Waals surface area contributed by atoms with Crippen LogP contribution in [0.5, 0.6) is 0 Å². The van der Waals surface area contributed by atoms with Gasteiger partial charge in [0.1, 0.15) is 18.7 Å². The van der Waals surface area contributed by atoms with Crippen molar-refractivity contribution in [2.45, 2.75) is 62.9 Å². The molecule has 2 aromatic carbocycles. The second kappa shape index (κ2) is 14.4. The number of hydrogen-bond acceptors (Lipinski definition) is 8. The normalized spacial score (nSPS) is 20.0. The highest BCUT2D eigenvalue weighted by atomic mass is 16.6. The number of nitrogens with zero attached hydrogens (tertiary/aromatic N) is 3. The van der Waals surface area contributed by atoms with Crippen molar-refractivity contribution in [1.29, 1.82) is 0 Å². The lowest BCUT2D eigenvalue weighted by molar-refractivity contribution is -0.176. The Hall–Kier alpha value is -4.29. The number of aliphatic hydroxyl groups is 2. The Kier molecular flexibility index (Phi) is 10.4. The molecule has 0 aliphatic carbocycles. The number of amides is 4. The van der Waals surface area contributed by atoms with Crippen LogP contribution in [0.25, 0.3) is 0 Å². The molecule has 0 unspecified atom stereocenters. The van der Waals surface area contributed by atoms with E-state index in [0.29, 0.717) is 18.4 Å². The largest absolute Gasteiger partial charge is 0.396 e. The van der Waals surface area contributed by atoms with Crippen molar-refractivity contribution in [2.75, 3.05) is 13.2 Å². The minimum Gasteiger partial charge on any atom is -0.396 e. The van der Waals surface area contributed by atoms with Gasteiger partial charge in [-0.15, -0.1) is 0 Å². The molecule has 2 fully saturated rings. The summed E-state index contributed by atoms with van der Waals surface area (Å²) in [5.74, 6) is -1.92. The molecule has 0 radical (unpaired) electrons. The molecule has 4 rings (SSSR count). The second-order valence-electron chi connectivity index (χ2n) is 9.94. The molecule has 2 aliphatic rings. The Morgan fingerprint density at radius 2 is 1.76 bits per heavy atom. The molecular weight excluding hydrogens is 530 g/mol. The van der Waals surface area contributed by atoms with Crippen molar-refractivity contribution < 1.29 is 34.2 Å². The molecule has 2 heterocycles. The maximum atomic E-state index is 13.6. The zero-order valence-electron chi connectivity index (χ0n) is 22.6. The summed E-state index contributed by atoms with van der Waals surface area (Å²) in [5.41, 5.74) is 1.44. The highest BCUT2D eigenvalue weighted by Gasteiger charge is 2.44.